The van der Waals surface area contributed by atoms with E-state index in [1.807, 2.05) is 32.0 Å². The van der Waals surface area contributed by atoms with Gasteiger partial charge in [-0.05, 0) is 25.5 Å². The lowest BCUT2D eigenvalue weighted by molar-refractivity contribution is -0.145. The second-order valence-corrected chi connectivity index (χ2v) is 3.44. The van der Waals surface area contributed by atoms with Crippen molar-refractivity contribution in [2.24, 2.45) is 0 Å². The third kappa shape index (κ3) is 2.72. The molecular weight excluding hydrogens is 192 g/mol. The molecule has 0 bridgehead atoms. The van der Waals surface area contributed by atoms with Crippen LogP contribution in [0, 0.1) is 6.92 Å². The molecule has 0 amide bonds. The molecule has 0 aromatic heterocycles. The maximum absolute atomic E-state index is 10.9. The third-order valence-electron chi connectivity index (χ3n) is 2.25. The smallest absolute Gasteiger partial charge is 0.303 e. The molecule has 0 aliphatic heterocycles. The second-order valence-electron chi connectivity index (χ2n) is 3.44. The van der Waals surface area contributed by atoms with E-state index in [0.29, 0.717) is 0 Å². The SMILES string of the molecule is COc1cccc(C)c1C(C)OC(C)=O. The minimum Gasteiger partial charge on any atom is -0.496 e. The van der Waals surface area contributed by atoms with Gasteiger partial charge in [0.1, 0.15) is 11.9 Å². The van der Waals surface area contributed by atoms with Gasteiger partial charge in [-0.25, -0.2) is 0 Å². The zero-order valence-corrected chi connectivity index (χ0v) is 9.53. The van der Waals surface area contributed by atoms with Gasteiger partial charge in [0.15, 0.2) is 0 Å². The molecule has 1 aromatic rings. The number of ether oxygens (including phenoxy) is 2. The van der Waals surface area contributed by atoms with Gasteiger partial charge in [-0.2, -0.15) is 0 Å². The first-order valence-corrected chi connectivity index (χ1v) is 4.87. The fraction of sp³-hybridized carbons (Fsp3) is 0.417. The molecule has 1 rings (SSSR count). The largest absolute Gasteiger partial charge is 0.496 e. The molecule has 0 saturated carbocycles. The summed E-state index contributed by atoms with van der Waals surface area (Å²) in [6.07, 6.45) is -0.279. The van der Waals surface area contributed by atoms with E-state index < -0.39 is 0 Å². The van der Waals surface area contributed by atoms with Crippen molar-refractivity contribution < 1.29 is 14.3 Å². The van der Waals surface area contributed by atoms with Gasteiger partial charge in [-0.15, -0.1) is 0 Å². The predicted molar refractivity (Wildman–Crippen MR) is 57.9 cm³/mol. The number of hydrogen-bond donors (Lipinski definition) is 0. The summed E-state index contributed by atoms with van der Waals surface area (Å²) >= 11 is 0. The van der Waals surface area contributed by atoms with Gasteiger partial charge in [0.05, 0.1) is 7.11 Å². The molecular formula is C12H16O3. The Morgan fingerprint density at radius 1 is 1.40 bits per heavy atom. The number of aryl methyl sites for hydroxylation is 1. The van der Waals surface area contributed by atoms with Gasteiger partial charge >= 0.3 is 5.97 Å². The Kier molecular flexibility index (Phi) is 3.72. The summed E-state index contributed by atoms with van der Waals surface area (Å²) in [5.41, 5.74) is 1.98. The monoisotopic (exact) mass is 208 g/mol. The number of methoxy groups -OCH3 is 1. The lowest BCUT2D eigenvalue weighted by Gasteiger charge is -2.17. The quantitative estimate of drug-likeness (QED) is 0.716. The normalized spacial score (nSPS) is 12.0. The lowest BCUT2D eigenvalue weighted by atomic mass is 10.0. The van der Waals surface area contributed by atoms with Crippen LogP contribution in [0.3, 0.4) is 0 Å². The summed E-state index contributed by atoms with van der Waals surface area (Å²) in [5.74, 6) is 0.469. The molecule has 1 atom stereocenters. The van der Waals surface area contributed by atoms with Gasteiger partial charge in [0.25, 0.3) is 0 Å². The number of carbonyl (C=O) groups excluding carboxylic acids is 1. The van der Waals surface area contributed by atoms with Crippen LogP contribution < -0.4 is 4.74 Å². The lowest BCUT2D eigenvalue weighted by Crippen LogP contribution is -2.07. The van der Waals surface area contributed by atoms with E-state index in [0.717, 1.165) is 16.9 Å². The number of benzene rings is 1. The standard InChI is InChI=1S/C12H16O3/c1-8-6-5-7-11(14-4)12(8)9(2)15-10(3)13/h5-7,9H,1-4H3. The van der Waals surface area contributed by atoms with E-state index in [1.165, 1.54) is 6.92 Å². The molecule has 3 heteroatoms. The zero-order chi connectivity index (χ0) is 11.4. The summed E-state index contributed by atoms with van der Waals surface area (Å²) in [7, 11) is 1.61. The van der Waals surface area contributed by atoms with Gasteiger partial charge in [-0.3, -0.25) is 4.79 Å². The highest BCUT2D eigenvalue weighted by atomic mass is 16.5. The van der Waals surface area contributed by atoms with Crippen LogP contribution in [0.15, 0.2) is 18.2 Å². The van der Waals surface area contributed by atoms with Crippen molar-refractivity contribution in [1.82, 2.24) is 0 Å². The highest BCUT2D eigenvalue weighted by Gasteiger charge is 2.16. The first kappa shape index (κ1) is 11.6. The van der Waals surface area contributed by atoms with E-state index in [2.05, 4.69) is 0 Å². The topological polar surface area (TPSA) is 35.5 Å². The molecule has 0 spiro atoms. The van der Waals surface area contributed by atoms with Crippen molar-refractivity contribution in [2.75, 3.05) is 7.11 Å². The van der Waals surface area contributed by atoms with E-state index in [1.54, 1.807) is 7.11 Å². The van der Waals surface area contributed by atoms with Crippen molar-refractivity contribution >= 4 is 5.97 Å². The predicted octanol–water partition coefficient (Wildman–Crippen LogP) is 2.63. The second kappa shape index (κ2) is 4.82. The van der Waals surface area contributed by atoms with Crippen LogP contribution >= 0.6 is 0 Å². The molecule has 0 saturated heterocycles. The fourth-order valence-corrected chi connectivity index (χ4v) is 1.66. The highest BCUT2D eigenvalue weighted by Crippen LogP contribution is 2.30. The minimum absolute atomic E-state index is 0.279. The van der Waals surface area contributed by atoms with Crippen molar-refractivity contribution in [3.63, 3.8) is 0 Å². The van der Waals surface area contributed by atoms with E-state index in [9.17, 15) is 4.79 Å². The van der Waals surface area contributed by atoms with Crippen molar-refractivity contribution in [1.29, 1.82) is 0 Å². The van der Waals surface area contributed by atoms with Crippen LogP contribution in [0.2, 0.25) is 0 Å². The average Bonchev–Trinajstić information content (AvgIpc) is 2.15. The van der Waals surface area contributed by atoms with Gasteiger partial charge in [-0.1, -0.05) is 12.1 Å². The van der Waals surface area contributed by atoms with Gasteiger partial charge < -0.3 is 9.47 Å². The first-order valence-electron chi connectivity index (χ1n) is 4.87. The molecule has 1 aromatic carbocycles. The maximum Gasteiger partial charge on any atom is 0.303 e. The Labute approximate surface area is 90.0 Å². The van der Waals surface area contributed by atoms with Crippen LogP contribution in [-0.2, 0) is 9.53 Å². The molecule has 15 heavy (non-hydrogen) atoms. The highest BCUT2D eigenvalue weighted by molar-refractivity contribution is 5.66. The summed E-state index contributed by atoms with van der Waals surface area (Å²) in [5, 5.41) is 0. The number of esters is 1. The molecule has 0 aliphatic carbocycles. The van der Waals surface area contributed by atoms with Crippen LogP contribution in [0.25, 0.3) is 0 Å². The van der Waals surface area contributed by atoms with E-state index >= 15 is 0 Å². The molecule has 0 heterocycles. The average molecular weight is 208 g/mol. The summed E-state index contributed by atoms with van der Waals surface area (Å²) < 4.78 is 10.4. The molecule has 0 aliphatic rings. The number of hydrogen-bond acceptors (Lipinski definition) is 3. The third-order valence-corrected chi connectivity index (χ3v) is 2.25. The summed E-state index contributed by atoms with van der Waals surface area (Å²) in [4.78, 5) is 10.9. The number of rotatable bonds is 3. The molecule has 0 radical (unpaired) electrons. The minimum atomic E-state index is -0.284. The Bertz CT molecular complexity index is 358. The first-order chi connectivity index (χ1) is 7.06. The van der Waals surface area contributed by atoms with Crippen molar-refractivity contribution in [3.8, 4) is 5.75 Å². The van der Waals surface area contributed by atoms with Gasteiger partial charge in [0, 0.05) is 12.5 Å². The molecule has 1 unspecified atom stereocenters. The van der Waals surface area contributed by atoms with Crippen molar-refractivity contribution in [3.05, 3.63) is 29.3 Å². The Morgan fingerprint density at radius 2 is 2.07 bits per heavy atom. The van der Waals surface area contributed by atoms with Crippen LogP contribution in [-0.4, -0.2) is 13.1 Å². The maximum atomic E-state index is 10.9. The van der Waals surface area contributed by atoms with Gasteiger partial charge in [0.2, 0.25) is 0 Å². The fourth-order valence-electron chi connectivity index (χ4n) is 1.66. The molecule has 82 valence electrons. The summed E-state index contributed by atoms with van der Waals surface area (Å²) in [6.45, 7) is 5.21. The summed E-state index contributed by atoms with van der Waals surface area (Å²) in [6, 6.07) is 5.75. The van der Waals surface area contributed by atoms with Crippen LogP contribution in [0.4, 0.5) is 0 Å². The van der Waals surface area contributed by atoms with E-state index in [-0.39, 0.29) is 12.1 Å². The van der Waals surface area contributed by atoms with E-state index in [4.69, 9.17) is 9.47 Å². The molecule has 0 fully saturated rings. The van der Waals surface area contributed by atoms with Crippen LogP contribution in [0.5, 0.6) is 5.75 Å². The Balaban J connectivity index is 3.05. The Morgan fingerprint density at radius 3 is 2.60 bits per heavy atom. The molecule has 3 nitrogen and oxygen atoms in total. The zero-order valence-electron chi connectivity index (χ0n) is 9.53. The Hall–Kier alpha value is -1.51. The van der Waals surface area contributed by atoms with Crippen LogP contribution in [0.1, 0.15) is 31.1 Å². The van der Waals surface area contributed by atoms with Crippen molar-refractivity contribution in [2.45, 2.75) is 26.9 Å². The number of carbonyl (C=O) groups is 1. The molecule has 0 N–H and O–H groups in total.